The lowest BCUT2D eigenvalue weighted by Crippen LogP contribution is -2.37. The minimum atomic E-state index is -4.53. The molecule has 2 aromatic heterocycles. The van der Waals surface area contributed by atoms with Crippen molar-refractivity contribution in [1.82, 2.24) is 19.7 Å². The molecule has 0 unspecified atom stereocenters. The van der Waals surface area contributed by atoms with E-state index in [0.717, 1.165) is 34.6 Å². The lowest BCUT2D eigenvalue weighted by Gasteiger charge is -2.29. The number of fused-ring (bicyclic) bond motifs is 1. The van der Waals surface area contributed by atoms with E-state index in [4.69, 9.17) is 0 Å². The molecule has 1 aliphatic heterocycles. The summed E-state index contributed by atoms with van der Waals surface area (Å²) in [6, 6.07) is 11.7. The monoisotopic (exact) mass is 533 g/mol. The van der Waals surface area contributed by atoms with E-state index in [2.05, 4.69) is 15.1 Å². The Morgan fingerprint density at radius 1 is 1.08 bits per heavy atom. The second kappa shape index (κ2) is 10.1. The van der Waals surface area contributed by atoms with E-state index < -0.39 is 17.5 Å². The maximum atomic E-state index is 13.2. The van der Waals surface area contributed by atoms with Crippen molar-refractivity contribution < 1.29 is 22.8 Å². The zero-order valence-corrected chi connectivity index (χ0v) is 21.7. The van der Waals surface area contributed by atoms with Crippen molar-refractivity contribution in [3.05, 3.63) is 105 Å². The Kier molecular flexibility index (Phi) is 6.80. The normalized spacial score (nSPS) is 13.5. The van der Waals surface area contributed by atoms with E-state index in [1.54, 1.807) is 27.9 Å². The number of carbonyl (C=O) groups is 2. The number of alkyl halides is 3. The van der Waals surface area contributed by atoms with Crippen LogP contribution in [0.2, 0.25) is 0 Å². The Balaban J connectivity index is 1.35. The summed E-state index contributed by atoms with van der Waals surface area (Å²) in [5, 5.41) is 4.35. The first-order chi connectivity index (χ1) is 18.5. The fourth-order valence-corrected chi connectivity index (χ4v) is 4.77. The Labute approximate surface area is 223 Å². The minimum absolute atomic E-state index is 0.0100. The summed E-state index contributed by atoms with van der Waals surface area (Å²) in [7, 11) is 1.87. The molecule has 1 aliphatic rings. The van der Waals surface area contributed by atoms with Crippen molar-refractivity contribution >= 4 is 17.4 Å². The van der Waals surface area contributed by atoms with Crippen LogP contribution in [0.15, 0.2) is 54.7 Å². The van der Waals surface area contributed by atoms with Crippen LogP contribution in [0.5, 0.6) is 0 Å². The van der Waals surface area contributed by atoms with Gasteiger partial charge in [-0.1, -0.05) is 24.3 Å². The summed E-state index contributed by atoms with van der Waals surface area (Å²) >= 11 is 0. The molecule has 5 rings (SSSR count). The molecule has 0 spiro atoms. The molecule has 0 fully saturated rings. The van der Waals surface area contributed by atoms with Gasteiger partial charge in [-0.25, -0.2) is 9.97 Å². The van der Waals surface area contributed by atoms with Gasteiger partial charge >= 0.3 is 6.18 Å². The van der Waals surface area contributed by atoms with Gasteiger partial charge in [0.15, 0.2) is 5.78 Å². The maximum Gasteiger partial charge on any atom is 0.416 e. The Morgan fingerprint density at radius 3 is 2.59 bits per heavy atom. The van der Waals surface area contributed by atoms with Crippen LogP contribution >= 0.6 is 0 Å². The summed E-state index contributed by atoms with van der Waals surface area (Å²) < 4.78 is 41.0. The SMILES string of the molecule is Cc1cc(Cc2ncc3c(n2)CC(=O)N(c2cc(CC(=O)c4cccc(C(F)(F)F)c4)ccc2C)C3)n(C)n1. The van der Waals surface area contributed by atoms with Crippen LogP contribution in [0.3, 0.4) is 0 Å². The highest BCUT2D eigenvalue weighted by atomic mass is 19.4. The van der Waals surface area contributed by atoms with E-state index in [1.165, 1.54) is 12.1 Å². The third kappa shape index (κ3) is 5.59. The van der Waals surface area contributed by atoms with Gasteiger partial charge in [-0.3, -0.25) is 14.3 Å². The molecule has 1 amide bonds. The van der Waals surface area contributed by atoms with Gasteiger partial charge in [0.1, 0.15) is 5.82 Å². The first kappa shape index (κ1) is 26.3. The van der Waals surface area contributed by atoms with E-state index >= 15 is 0 Å². The van der Waals surface area contributed by atoms with Gasteiger partial charge in [0, 0.05) is 48.6 Å². The topological polar surface area (TPSA) is 81.0 Å². The zero-order chi connectivity index (χ0) is 27.9. The minimum Gasteiger partial charge on any atom is -0.307 e. The molecule has 0 bridgehead atoms. The number of Topliss-reactive ketones (excluding diaryl/α,β-unsaturated/α-hetero) is 1. The summed E-state index contributed by atoms with van der Waals surface area (Å²) in [5.41, 5.74) is 4.63. The number of hydrogen-bond acceptors (Lipinski definition) is 5. The molecule has 10 heteroatoms. The first-order valence-electron chi connectivity index (χ1n) is 12.4. The molecule has 0 N–H and O–H groups in total. The highest BCUT2D eigenvalue weighted by molar-refractivity contribution is 5.99. The molecule has 4 aromatic rings. The molecule has 0 radical (unpaired) electrons. The number of halogens is 3. The number of rotatable bonds is 6. The summed E-state index contributed by atoms with van der Waals surface area (Å²) in [6.45, 7) is 4.07. The first-order valence-corrected chi connectivity index (χ1v) is 12.4. The molecule has 200 valence electrons. The van der Waals surface area contributed by atoms with Gasteiger partial charge < -0.3 is 4.90 Å². The Hall–Kier alpha value is -4.34. The predicted molar refractivity (Wildman–Crippen MR) is 138 cm³/mol. The number of carbonyl (C=O) groups excluding carboxylic acids is 2. The van der Waals surface area contributed by atoms with Crippen molar-refractivity contribution in [2.24, 2.45) is 7.05 Å². The van der Waals surface area contributed by atoms with Gasteiger partial charge in [-0.15, -0.1) is 0 Å². The lowest BCUT2D eigenvalue weighted by atomic mass is 9.98. The molecule has 0 atom stereocenters. The average molecular weight is 534 g/mol. The zero-order valence-electron chi connectivity index (χ0n) is 21.7. The Bertz CT molecular complexity index is 1590. The van der Waals surface area contributed by atoms with Crippen LogP contribution < -0.4 is 4.90 Å². The fourth-order valence-electron chi connectivity index (χ4n) is 4.77. The summed E-state index contributed by atoms with van der Waals surface area (Å²) in [6.07, 6.45) is -2.25. The highest BCUT2D eigenvalue weighted by Crippen LogP contribution is 2.31. The van der Waals surface area contributed by atoms with Crippen molar-refractivity contribution in [3.63, 3.8) is 0 Å². The van der Waals surface area contributed by atoms with E-state index in [9.17, 15) is 22.8 Å². The second-order valence-corrected chi connectivity index (χ2v) is 9.79. The molecule has 2 aromatic carbocycles. The molecule has 3 heterocycles. The van der Waals surface area contributed by atoms with E-state index in [-0.39, 0.29) is 30.9 Å². The lowest BCUT2D eigenvalue weighted by molar-refractivity contribution is -0.137. The second-order valence-electron chi connectivity index (χ2n) is 9.79. The molecule has 0 aliphatic carbocycles. The van der Waals surface area contributed by atoms with Crippen molar-refractivity contribution in [3.8, 4) is 0 Å². The van der Waals surface area contributed by atoms with Crippen LogP contribution in [0.4, 0.5) is 18.9 Å². The van der Waals surface area contributed by atoms with Gasteiger partial charge in [-0.05, 0) is 49.2 Å². The third-order valence-electron chi connectivity index (χ3n) is 6.83. The van der Waals surface area contributed by atoms with Crippen LogP contribution in [0, 0.1) is 13.8 Å². The molecular weight excluding hydrogens is 507 g/mol. The largest absolute Gasteiger partial charge is 0.416 e. The van der Waals surface area contributed by atoms with Gasteiger partial charge in [-0.2, -0.15) is 18.3 Å². The van der Waals surface area contributed by atoms with Gasteiger partial charge in [0.2, 0.25) is 5.91 Å². The highest BCUT2D eigenvalue weighted by Gasteiger charge is 2.31. The van der Waals surface area contributed by atoms with Crippen LogP contribution in [0.25, 0.3) is 0 Å². The molecule has 7 nitrogen and oxygen atoms in total. The number of ketones is 1. The number of aromatic nitrogens is 4. The summed E-state index contributed by atoms with van der Waals surface area (Å²) in [5.74, 6) is 0.0491. The quantitative estimate of drug-likeness (QED) is 0.328. The number of anilines is 1. The van der Waals surface area contributed by atoms with Crippen molar-refractivity contribution in [2.75, 3.05) is 4.90 Å². The number of aryl methyl sites for hydroxylation is 3. The summed E-state index contributed by atoms with van der Waals surface area (Å²) in [4.78, 5) is 36.8. The van der Waals surface area contributed by atoms with Gasteiger partial charge in [0.25, 0.3) is 0 Å². The number of amides is 1. The average Bonchev–Trinajstić information content (AvgIpc) is 3.20. The van der Waals surface area contributed by atoms with Crippen molar-refractivity contribution in [2.45, 2.75) is 45.8 Å². The number of hydrogen-bond donors (Lipinski definition) is 0. The van der Waals surface area contributed by atoms with E-state index in [0.29, 0.717) is 29.2 Å². The third-order valence-corrected chi connectivity index (χ3v) is 6.83. The maximum absolute atomic E-state index is 13.2. The van der Waals surface area contributed by atoms with Gasteiger partial charge in [0.05, 0.1) is 29.9 Å². The fraction of sp³-hybridized carbons (Fsp3) is 0.276. The molecule has 0 saturated heterocycles. The molecule has 39 heavy (non-hydrogen) atoms. The van der Waals surface area contributed by atoms with Crippen molar-refractivity contribution in [1.29, 1.82) is 0 Å². The molecular formula is C29H26F3N5O2. The van der Waals surface area contributed by atoms with Crippen LogP contribution in [-0.4, -0.2) is 31.4 Å². The smallest absolute Gasteiger partial charge is 0.307 e. The Morgan fingerprint density at radius 2 is 1.87 bits per heavy atom. The predicted octanol–water partition coefficient (Wildman–Crippen LogP) is 4.95. The molecule has 0 saturated carbocycles. The number of nitrogens with zero attached hydrogens (tertiary/aromatic N) is 5. The van der Waals surface area contributed by atoms with Crippen LogP contribution in [-0.2, 0) is 43.8 Å². The van der Waals surface area contributed by atoms with Crippen LogP contribution in [0.1, 0.15) is 55.5 Å². The standard InChI is InChI=1S/C29H26F3N5O2/c1-17-7-8-19(11-26(38)20-5-4-6-22(12-20)29(30,31)32)10-25(17)37-16-21-15-33-27(34-24(21)14-28(37)39)13-23-9-18(2)35-36(23)3/h4-10,12,15H,11,13-14,16H2,1-3H3. The number of benzene rings is 2. The van der Waals surface area contributed by atoms with E-state index in [1.807, 2.05) is 33.0 Å².